The van der Waals surface area contributed by atoms with Gasteiger partial charge in [0.05, 0.1) is 0 Å². The quantitative estimate of drug-likeness (QED) is 0.673. The molecule has 0 bridgehead atoms. The van der Waals surface area contributed by atoms with Crippen molar-refractivity contribution in [3.8, 4) is 0 Å². The first-order chi connectivity index (χ1) is 9.53. The fourth-order valence-electron chi connectivity index (χ4n) is 2.96. The van der Waals surface area contributed by atoms with Gasteiger partial charge in [0.2, 0.25) is 0 Å². The number of hydrogen-bond acceptors (Lipinski definition) is 5. The summed E-state index contributed by atoms with van der Waals surface area (Å²) in [5.41, 5.74) is 0. The van der Waals surface area contributed by atoms with E-state index in [1.165, 1.54) is 0 Å². The average Bonchev–Trinajstić information content (AvgIpc) is 2.80. The van der Waals surface area contributed by atoms with Gasteiger partial charge in [0.1, 0.15) is 0 Å². The second kappa shape index (κ2) is 7.24. The Labute approximate surface area is 126 Å². The van der Waals surface area contributed by atoms with Crippen molar-refractivity contribution < 1.29 is 21.1 Å². The summed E-state index contributed by atoms with van der Waals surface area (Å²) < 4.78 is 20.2. The average molecular weight is 395 g/mol. The number of aliphatic hydroxyl groups excluding tert-OH is 2. The van der Waals surface area contributed by atoms with Gasteiger partial charge in [-0.1, -0.05) is 0 Å². The predicted octanol–water partition coefficient (Wildman–Crippen LogP) is 1.91. The monoisotopic (exact) mass is 396 g/mol. The van der Waals surface area contributed by atoms with Crippen molar-refractivity contribution in [1.29, 1.82) is 0 Å². The minimum atomic E-state index is -3.14. The molecule has 20 heavy (non-hydrogen) atoms. The first-order valence-electron chi connectivity index (χ1n) is 7.90. The van der Waals surface area contributed by atoms with E-state index in [4.69, 9.17) is 10.9 Å². The van der Waals surface area contributed by atoms with Crippen LogP contribution in [0.2, 0.25) is 8.87 Å². The molecular formula is C14H28O5Sn. The van der Waals surface area contributed by atoms with Gasteiger partial charge in [-0.3, -0.25) is 0 Å². The molecule has 118 valence electrons. The molecule has 6 heteroatoms. The van der Waals surface area contributed by atoms with Crippen molar-refractivity contribution in [2.75, 3.05) is 0 Å². The van der Waals surface area contributed by atoms with E-state index >= 15 is 0 Å². The SMILES string of the molecule is CCC[CH2][Sn]1([CH2]CCC)[O][C@H]2O[C@@H](C)[C@H](O)[C@@H](O)[C@H]2[O]1. The van der Waals surface area contributed by atoms with Crippen LogP contribution in [0.25, 0.3) is 0 Å². The molecule has 0 saturated carbocycles. The van der Waals surface area contributed by atoms with E-state index in [9.17, 15) is 10.2 Å². The van der Waals surface area contributed by atoms with Crippen molar-refractivity contribution >= 4 is 19.2 Å². The van der Waals surface area contributed by atoms with Gasteiger partial charge >= 0.3 is 126 Å². The van der Waals surface area contributed by atoms with Gasteiger partial charge in [-0.2, -0.15) is 0 Å². The summed E-state index contributed by atoms with van der Waals surface area (Å²) in [5.74, 6) is 0. The van der Waals surface area contributed by atoms with Gasteiger partial charge in [0.25, 0.3) is 0 Å². The van der Waals surface area contributed by atoms with Crippen LogP contribution in [0.3, 0.4) is 0 Å². The van der Waals surface area contributed by atoms with Crippen LogP contribution in [0.15, 0.2) is 0 Å². The Kier molecular flexibility index (Phi) is 6.14. The van der Waals surface area contributed by atoms with Crippen LogP contribution in [-0.2, 0) is 10.9 Å². The van der Waals surface area contributed by atoms with E-state index in [0.29, 0.717) is 0 Å². The molecule has 0 spiro atoms. The molecule has 0 aliphatic carbocycles. The molecule has 0 aromatic heterocycles. The van der Waals surface area contributed by atoms with Crippen molar-refractivity contribution in [1.82, 2.24) is 0 Å². The number of aliphatic hydroxyl groups is 2. The van der Waals surface area contributed by atoms with Gasteiger partial charge in [-0.05, 0) is 0 Å². The Balaban J connectivity index is 2.08. The van der Waals surface area contributed by atoms with Crippen LogP contribution in [-0.4, -0.2) is 60.1 Å². The van der Waals surface area contributed by atoms with Gasteiger partial charge in [-0.15, -0.1) is 0 Å². The molecule has 0 aromatic rings. The van der Waals surface area contributed by atoms with Crippen LogP contribution >= 0.6 is 0 Å². The van der Waals surface area contributed by atoms with E-state index in [0.717, 1.165) is 34.6 Å². The Morgan fingerprint density at radius 3 is 2.10 bits per heavy atom. The molecule has 2 aliphatic heterocycles. The molecule has 2 saturated heterocycles. The van der Waals surface area contributed by atoms with Crippen molar-refractivity contribution in [2.45, 2.75) is 86.0 Å². The summed E-state index contributed by atoms with van der Waals surface area (Å²) in [6, 6.07) is 0. The number of ether oxygens (including phenoxy) is 1. The molecule has 0 unspecified atom stereocenters. The molecule has 2 aliphatic rings. The second-order valence-corrected chi connectivity index (χ2v) is 15.4. The van der Waals surface area contributed by atoms with Crippen molar-refractivity contribution in [2.24, 2.45) is 0 Å². The van der Waals surface area contributed by atoms with Crippen LogP contribution < -0.4 is 0 Å². The Morgan fingerprint density at radius 2 is 1.55 bits per heavy atom. The molecule has 5 atom stereocenters. The topological polar surface area (TPSA) is 68.2 Å². The Morgan fingerprint density at radius 1 is 0.950 bits per heavy atom. The fraction of sp³-hybridized carbons (Fsp3) is 1.00. The summed E-state index contributed by atoms with van der Waals surface area (Å²) in [4.78, 5) is 0. The number of unbranched alkanes of at least 4 members (excludes halogenated alkanes) is 2. The molecule has 0 amide bonds. The second-order valence-electron chi connectivity index (χ2n) is 6.01. The van der Waals surface area contributed by atoms with Gasteiger partial charge < -0.3 is 0 Å². The molecule has 2 fully saturated rings. The summed E-state index contributed by atoms with van der Waals surface area (Å²) in [6.07, 6.45) is 1.28. The van der Waals surface area contributed by atoms with Gasteiger partial charge in [0.15, 0.2) is 0 Å². The summed E-state index contributed by atoms with van der Waals surface area (Å²) >= 11 is -3.14. The number of fused-ring (bicyclic) bond motifs is 1. The zero-order chi connectivity index (χ0) is 14.8. The normalized spacial score (nSPS) is 39.8. The van der Waals surface area contributed by atoms with Crippen molar-refractivity contribution in [3.05, 3.63) is 0 Å². The molecule has 5 nitrogen and oxygen atoms in total. The molecule has 2 heterocycles. The van der Waals surface area contributed by atoms with E-state index in [-0.39, 0.29) is 0 Å². The maximum atomic E-state index is 10.2. The van der Waals surface area contributed by atoms with Crippen LogP contribution in [0.1, 0.15) is 46.5 Å². The Hall–Kier alpha value is 0.599. The van der Waals surface area contributed by atoms with Gasteiger partial charge in [-0.25, -0.2) is 0 Å². The maximum absolute atomic E-state index is 10.2. The number of rotatable bonds is 6. The van der Waals surface area contributed by atoms with Crippen LogP contribution in [0.4, 0.5) is 0 Å². The fourth-order valence-corrected chi connectivity index (χ4v) is 14.2. The third kappa shape index (κ3) is 3.49. The van der Waals surface area contributed by atoms with Crippen LogP contribution in [0.5, 0.6) is 0 Å². The first-order valence-corrected chi connectivity index (χ1v) is 14.3. The molecule has 0 radical (unpaired) electrons. The summed E-state index contributed by atoms with van der Waals surface area (Å²) in [5, 5.41) is 20.1. The molecule has 2 rings (SSSR count). The zero-order valence-electron chi connectivity index (χ0n) is 12.7. The molecule has 0 aromatic carbocycles. The predicted molar refractivity (Wildman–Crippen MR) is 77.5 cm³/mol. The Bertz CT molecular complexity index is 306. The summed E-state index contributed by atoms with van der Waals surface area (Å²) in [7, 11) is 0. The zero-order valence-corrected chi connectivity index (χ0v) is 15.6. The number of hydrogen-bond donors (Lipinski definition) is 2. The standard InChI is InChI=1S/C6H10O5.2C4H9.Sn/c1-2-3(7)4(8)5(9)6(10)11-2;2*1-3-4-2;/h2-8H,1H3;2*1,3-4H2,2H3;/q-2;;;+2/t2-,3-,4+,5+,6-;;;/m0.../s1. The molecule has 2 N–H and O–H groups in total. The van der Waals surface area contributed by atoms with Crippen molar-refractivity contribution in [3.63, 3.8) is 0 Å². The van der Waals surface area contributed by atoms with E-state index < -0.39 is 49.9 Å². The molecular weight excluding hydrogens is 367 g/mol. The first kappa shape index (κ1) is 17.0. The minimum absolute atomic E-state index is 0.408. The third-order valence-corrected chi connectivity index (χ3v) is 14.5. The summed E-state index contributed by atoms with van der Waals surface area (Å²) in [6.45, 7) is 6.10. The third-order valence-electron chi connectivity index (χ3n) is 4.29. The van der Waals surface area contributed by atoms with Crippen LogP contribution in [0, 0.1) is 0 Å². The van der Waals surface area contributed by atoms with E-state index in [1.54, 1.807) is 6.92 Å². The van der Waals surface area contributed by atoms with E-state index in [1.807, 2.05) is 0 Å². The van der Waals surface area contributed by atoms with Gasteiger partial charge in [0, 0.05) is 0 Å². The van der Waals surface area contributed by atoms with E-state index in [2.05, 4.69) is 13.8 Å².